The van der Waals surface area contributed by atoms with Gasteiger partial charge in [-0.1, -0.05) is 27.2 Å². The van der Waals surface area contributed by atoms with E-state index >= 15 is 0 Å². The normalized spacial score (nSPS) is 24.3. The van der Waals surface area contributed by atoms with Gasteiger partial charge < -0.3 is 4.90 Å². The molecule has 1 saturated heterocycles. The van der Waals surface area contributed by atoms with Crippen molar-refractivity contribution in [1.29, 1.82) is 0 Å². The molecule has 1 heterocycles. The van der Waals surface area contributed by atoms with E-state index in [4.69, 9.17) is 0 Å². The first-order valence-electron chi connectivity index (χ1n) is 7.02. The van der Waals surface area contributed by atoms with Crippen molar-refractivity contribution in [2.24, 2.45) is 5.41 Å². The van der Waals surface area contributed by atoms with Crippen LogP contribution in [0.1, 0.15) is 46.5 Å². The molecule has 1 aliphatic carbocycles. The maximum absolute atomic E-state index is 12.2. The lowest BCUT2D eigenvalue weighted by Crippen LogP contribution is -2.44. The van der Waals surface area contributed by atoms with E-state index in [0.29, 0.717) is 5.91 Å². The quantitative estimate of drug-likeness (QED) is 0.698. The fraction of sp³-hybridized carbons (Fsp3) is 0.929. The summed E-state index contributed by atoms with van der Waals surface area (Å²) >= 11 is 0. The maximum atomic E-state index is 12.2. The highest BCUT2D eigenvalue weighted by atomic mass is 16.2. The van der Waals surface area contributed by atoms with Crippen molar-refractivity contribution < 1.29 is 4.79 Å². The lowest BCUT2D eigenvalue weighted by atomic mass is 9.91. The summed E-state index contributed by atoms with van der Waals surface area (Å²) in [7, 11) is 0. The summed E-state index contributed by atoms with van der Waals surface area (Å²) in [6.07, 6.45) is 5.27. The number of carbonyl (C=O) groups excluding carboxylic acids is 1. The highest BCUT2D eigenvalue weighted by molar-refractivity contribution is 5.81. The Bertz CT molecular complexity index is 278. The Morgan fingerprint density at radius 1 is 1.00 bits per heavy atom. The Labute approximate surface area is 105 Å². The minimum atomic E-state index is -0.231. The molecule has 1 aliphatic heterocycles. The van der Waals surface area contributed by atoms with Crippen molar-refractivity contribution in [3.8, 4) is 0 Å². The summed E-state index contributed by atoms with van der Waals surface area (Å²) in [6.45, 7) is 10.2. The number of amides is 1. The molecular weight excluding hydrogens is 212 g/mol. The molecular formula is C14H26N2O. The standard InChI is InChI=1S/C14H26N2O/c1-14(2,3)13(17)16-9-5-8-15(10-11-16)12-6-4-7-12/h12H,4-11H2,1-3H3. The first-order valence-corrected chi connectivity index (χ1v) is 7.02. The van der Waals surface area contributed by atoms with Crippen molar-refractivity contribution in [3.05, 3.63) is 0 Å². The summed E-state index contributed by atoms with van der Waals surface area (Å²) in [5.74, 6) is 0.313. The van der Waals surface area contributed by atoms with E-state index in [-0.39, 0.29) is 5.41 Å². The van der Waals surface area contributed by atoms with E-state index in [2.05, 4.69) is 9.80 Å². The van der Waals surface area contributed by atoms with Crippen LogP contribution in [0.25, 0.3) is 0 Å². The molecule has 17 heavy (non-hydrogen) atoms. The first-order chi connectivity index (χ1) is 7.98. The molecule has 0 aromatic rings. The van der Waals surface area contributed by atoms with Crippen LogP contribution in [-0.4, -0.2) is 47.9 Å². The number of nitrogens with zero attached hydrogens (tertiary/aromatic N) is 2. The maximum Gasteiger partial charge on any atom is 0.227 e. The van der Waals surface area contributed by atoms with E-state index in [1.807, 2.05) is 20.8 Å². The van der Waals surface area contributed by atoms with E-state index < -0.39 is 0 Å². The topological polar surface area (TPSA) is 23.6 Å². The molecule has 0 aromatic heterocycles. The SMILES string of the molecule is CC(C)(C)C(=O)N1CCCN(C2CCC2)CC1. The van der Waals surface area contributed by atoms with Gasteiger partial charge in [-0.15, -0.1) is 0 Å². The van der Waals surface area contributed by atoms with Crippen molar-refractivity contribution in [1.82, 2.24) is 9.80 Å². The van der Waals surface area contributed by atoms with Crippen LogP contribution in [-0.2, 0) is 4.79 Å². The third kappa shape index (κ3) is 3.01. The molecule has 0 unspecified atom stereocenters. The molecule has 0 aromatic carbocycles. The minimum Gasteiger partial charge on any atom is -0.341 e. The van der Waals surface area contributed by atoms with Crippen molar-refractivity contribution in [3.63, 3.8) is 0 Å². The smallest absolute Gasteiger partial charge is 0.227 e. The average molecular weight is 238 g/mol. The van der Waals surface area contributed by atoms with Crippen LogP contribution in [0.3, 0.4) is 0 Å². The molecule has 0 N–H and O–H groups in total. The highest BCUT2D eigenvalue weighted by Gasteiger charge is 2.31. The van der Waals surface area contributed by atoms with Gasteiger partial charge >= 0.3 is 0 Å². The largest absolute Gasteiger partial charge is 0.341 e. The second-order valence-corrected chi connectivity index (χ2v) is 6.52. The Morgan fingerprint density at radius 3 is 2.24 bits per heavy atom. The third-order valence-electron chi connectivity index (χ3n) is 4.05. The zero-order chi connectivity index (χ0) is 12.5. The molecule has 98 valence electrons. The van der Waals surface area contributed by atoms with E-state index in [1.165, 1.54) is 25.8 Å². The third-order valence-corrected chi connectivity index (χ3v) is 4.05. The number of hydrogen-bond donors (Lipinski definition) is 0. The van der Waals surface area contributed by atoms with E-state index in [1.54, 1.807) is 0 Å². The van der Waals surface area contributed by atoms with Gasteiger partial charge in [-0.3, -0.25) is 9.69 Å². The van der Waals surface area contributed by atoms with Crippen molar-refractivity contribution in [2.45, 2.75) is 52.5 Å². The van der Waals surface area contributed by atoms with Gasteiger partial charge in [0.15, 0.2) is 0 Å². The van der Waals surface area contributed by atoms with Gasteiger partial charge in [0.1, 0.15) is 0 Å². The fourth-order valence-electron chi connectivity index (χ4n) is 2.73. The van der Waals surface area contributed by atoms with Gasteiger partial charge in [0.2, 0.25) is 5.91 Å². The summed E-state index contributed by atoms with van der Waals surface area (Å²) in [5.41, 5.74) is -0.231. The van der Waals surface area contributed by atoms with Crippen LogP contribution < -0.4 is 0 Å². The van der Waals surface area contributed by atoms with Crippen LogP contribution in [0.4, 0.5) is 0 Å². The molecule has 0 spiro atoms. The summed E-state index contributed by atoms with van der Waals surface area (Å²) in [6, 6.07) is 0.819. The lowest BCUT2D eigenvalue weighted by Gasteiger charge is -2.37. The van der Waals surface area contributed by atoms with Gasteiger partial charge in [-0.25, -0.2) is 0 Å². The zero-order valence-corrected chi connectivity index (χ0v) is 11.5. The predicted molar refractivity (Wildman–Crippen MR) is 69.9 cm³/mol. The van der Waals surface area contributed by atoms with Gasteiger partial charge in [-0.2, -0.15) is 0 Å². The fourth-order valence-corrected chi connectivity index (χ4v) is 2.73. The summed E-state index contributed by atoms with van der Waals surface area (Å²) in [4.78, 5) is 16.9. The highest BCUT2D eigenvalue weighted by Crippen LogP contribution is 2.26. The van der Waals surface area contributed by atoms with Crippen LogP contribution in [0.2, 0.25) is 0 Å². The Kier molecular flexibility index (Phi) is 3.76. The first kappa shape index (κ1) is 12.9. The molecule has 1 saturated carbocycles. The van der Waals surface area contributed by atoms with Crippen molar-refractivity contribution >= 4 is 5.91 Å². The van der Waals surface area contributed by atoms with Gasteiger partial charge in [0.05, 0.1) is 0 Å². The molecule has 2 rings (SSSR count). The zero-order valence-electron chi connectivity index (χ0n) is 11.5. The van der Waals surface area contributed by atoms with Gasteiger partial charge in [-0.05, 0) is 19.3 Å². The van der Waals surface area contributed by atoms with Gasteiger partial charge in [0.25, 0.3) is 0 Å². The Morgan fingerprint density at radius 2 is 1.71 bits per heavy atom. The average Bonchev–Trinajstić information content (AvgIpc) is 2.38. The number of carbonyl (C=O) groups is 1. The minimum absolute atomic E-state index is 0.231. The summed E-state index contributed by atoms with van der Waals surface area (Å²) < 4.78 is 0. The Balaban J connectivity index is 1.89. The van der Waals surface area contributed by atoms with Crippen LogP contribution in [0.5, 0.6) is 0 Å². The second kappa shape index (κ2) is 4.97. The molecule has 0 radical (unpaired) electrons. The summed E-state index contributed by atoms with van der Waals surface area (Å²) in [5, 5.41) is 0. The molecule has 3 heteroatoms. The van der Waals surface area contributed by atoms with Crippen molar-refractivity contribution in [2.75, 3.05) is 26.2 Å². The molecule has 2 aliphatic rings. The molecule has 0 bridgehead atoms. The molecule has 3 nitrogen and oxygen atoms in total. The molecule has 2 fully saturated rings. The van der Waals surface area contributed by atoms with E-state index in [0.717, 1.165) is 32.1 Å². The lowest BCUT2D eigenvalue weighted by molar-refractivity contribution is -0.139. The molecule has 1 amide bonds. The second-order valence-electron chi connectivity index (χ2n) is 6.52. The number of rotatable bonds is 1. The Hall–Kier alpha value is -0.570. The van der Waals surface area contributed by atoms with Gasteiger partial charge in [0, 0.05) is 37.6 Å². The number of hydrogen-bond acceptors (Lipinski definition) is 2. The monoisotopic (exact) mass is 238 g/mol. The van der Waals surface area contributed by atoms with E-state index in [9.17, 15) is 4.79 Å². The molecule has 0 atom stereocenters. The van der Waals surface area contributed by atoms with Crippen LogP contribution in [0, 0.1) is 5.41 Å². The van der Waals surface area contributed by atoms with Crippen LogP contribution in [0.15, 0.2) is 0 Å². The predicted octanol–water partition coefficient (Wildman–Crippen LogP) is 2.12. The van der Waals surface area contributed by atoms with Crippen LogP contribution >= 0.6 is 0 Å².